The Balaban J connectivity index is 2.20. The van der Waals surface area contributed by atoms with Gasteiger partial charge in [-0.1, -0.05) is 31.5 Å². The van der Waals surface area contributed by atoms with Crippen LogP contribution >= 0.6 is 11.8 Å². The summed E-state index contributed by atoms with van der Waals surface area (Å²) in [5.41, 5.74) is 2.53. The van der Waals surface area contributed by atoms with E-state index in [0.717, 1.165) is 46.2 Å². The zero-order chi connectivity index (χ0) is 18.0. The Labute approximate surface area is 154 Å². The van der Waals surface area contributed by atoms with E-state index in [1.165, 1.54) is 0 Å². The van der Waals surface area contributed by atoms with E-state index in [4.69, 9.17) is 4.74 Å². The predicted octanol–water partition coefficient (Wildman–Crippen LogP) is 5.58. The Morgan fingerprint density at radius 3 is 2.60 bits per heavy atom. The van der Waals surface area contributed by atoms with Crippen molar-refractivity contribution < 1.29 is 9.53 Å². The molecule has 0 aromatic heterocycles. The third kappa shape index (κ3) is 3.28. The number of anilines is 2. The third-order valence-electron chi connectivity index (χ3n) is 4.80. The second kappa shape index (κ2) is 7.12. The zero-order valence-corrected chi connectivity index (χ0v) is 16.2. The highest BCUT2D eigenvalue weighted by atomic mass is 32.2. The molecule has 3 rings (SSSR count). The number of fused-ring (bicyclic) bond motifs is 1. The number of thioether (sulfide) groups is 1. The molecule has 0 saturated carbocycles. The monoisotopic (exact) mass is 355 g/mol. The SMILES string of the molecule is CCCC1(C)CSc2cc(OC)c(C)cc2N(c2ccccc2)C1=O. The van der Waals surface area contributed by atoms with E-state index in [9.17, 15) is 4.79 Å². The molecule has 1 unspecified atom stereocenters. The van der Waals surface area contributed by atoms with Gasteiger partial charge < -0.3 is 4.74 Å². The van der Waals surface area contributed by atoms with E-state index < -0.39 is 0 Å². The minimum Gasteiger partial charge on any atom is -0.496 e. The molecule has 1 heterocycles. The van der Waals surface area contributed by atoms with Gasteiger partial charge in [0, 0.05) is 16.3 Å². The first-order chi connectivity index (χ1) is 12.0. The number of hydrogen-bond donors (Lipinski definition) is 0. The van der Waals surface area contributed by atoms with Crippen molar-refractivity contribution in [2.45, 2.75) is 38.5 Å². The van der Waals surface area contributed by atoms with Crippen LogP contribution in [-0.2, 0) is 4.79 Å². The van der Waals surface area contributed by atoms with Crippen LogP contribution in [0.15, 0.2) is 47.4 Å². The highest BCUT2D eigenvalue weighted by Gasteiger charge is 2.40. The second-order valence-corrected chi connectivity index (χ2v) is 7.88. The standard InChI is InChI=1S/C21H25NO2S/c1-5-11-21(3)14-25-19-13-18(24-4)15(2)12-17(19)22(20(21)23)16-9-7-6-8-10-16/h6-10,12-13H,5,11,14H2,1-4H3. The van der Waals surface area contributed by atoms with Crippen molar-refractivity contribution in [3.05, 3.63) is 48.0 Å². The maximum absolute atomic E-state index is 13.6. The van der Waals surface area contributed by atoms with Crippen molar-refractivity contribution in [1.29, 1.82) is 0 Å². The number of benzene rings is 2. The van der Waals surface area contributed by atoms with E-state index in [1.54, 1.807) is 18.9 Å². The molecule has 0 aliphatic carbocycles. The van der Waals surface area contributed by atoms with Crippen molar-refractivity contribution in [2.24, 2.45) is 5.41 Å². The van der Waals surface area contributed by atoms with E-state index in [1.807, 2.05) is 42.2 Å². The molecule has 2 aromatic rings. The molecule has 3 nitrogen and oxygen atoms in total. The Bertz CT molecular complexity index is 775. The van der Waals surface area contributed by atoms with Gasteiger partial charge >= 0.3 is 0 Å². The number of hydrogen-bond acceptors (Lipinski definition) is 3. The number of methoxy groups -OCH3 is 1. The largest absolute Gasteiger partial charge is 0.496 e. The molecule has 4 heteroatoms. The average Bonchev–Trinajstić information content (AvgIpc) is 2.71. The summed E-state index contributed by atoms with van der Waals surface area (Å²) in [5.74, 6) is 1.82. The lowest BCUT2D eigenvalue weighted by atomic mass is 9.85. The molecule has 0 fully saturated rings. The Hall–Kier alpha value is -1.94. The topological polar surface area (TPSA) is 29.5 Å². The van der Waals surface area contributed by atoms with Gasteiger partial charge in [0.2, 0.25) is 5.91 Å². The lowest BCUT2D eigenvalue weighted by molar-refractivity contribution is -0.125. The average molecular weight is 356 g/mol. The zero-order valence-electron chi connectivity index (χ0n) is 15.3. The number of ether oxygens (including phenoxy) is 1. The van der Waals surface area contributed by atoms with Gasteiger partial charge in [0.1, 0.15) is 5.75 Å². The fourth-order valence-corrected chi connectivity index (χ4v) is 4.64. The Kier molecular flexibility index (Phi) is 5.09. The summed E-state index contributed by atoms with van der Waals surface area (Å²) in [7, 11) is 1.69. The van der Waals surface area contributed by atoms with Crippen LogP contribution in [-0.4, -0.2) is 18.8 Å². The lowest BCUT2D eigenvalue weighted by Gasteiger charge is -2.32. The van der Waals surface area contributed by atoms with E-state index in [-0.39, 0.29) is 11.3 Å². The molecule has 0 spiro atoms. The van der Waals surface area contributed by atoms with Gasteiger partial charge in [-0.15, -0.1) is 11.8 Å². The summed E-state index contributed by atoms with van der Waals surface area (Å²) in [6.07, 6.45) is 1.87. The minimum absolute atomic E-state index is 0.177. The van der Waals surface area contributed by atoms with Crippen LogP contribution in [0.4, 0.5) is 11.4 Å². The minimum atomic E-state index is -0.380. The molecule has 0 bridgehead atoms. The number of amides is 1. The Morgan fingerprint density at radius 1 is 1.24 bits per heavy atom. The quantitative estimate of drug-likeness (QED) is 0.717. The van der Waals surface area contributed by atoms with Crippen molar-refractivity contribution in [3.63, 3.8) is 0 Å². The molecule has 0 N–H and O–H groups in total. The first-order valence-corrected chi connectivity index (χ1v) is 9.70. The maximum Gasteiger partial charge on any atom is 0.238 e. The van der Waals surface area contributed by atoms with Crippen molar-refractivity contribution >= 4 is 29.0 Å². The number of aryl methyl sites for hydroxylation is 1. The normalized spacial score (nSPS) is 20.2. The van der Waals surface area contributed by atoms with Crippen LogP contribution in [0.3, 0.4) is 0 Å². The van der Waals surface area contributed by atoms with Crippen LogP contribution in [0, 0.1) is 12.3 Å². The molecule has 2 aromatic carbocycles. The van der Waals surface area contributed by atoms with E-state index in [2.05, 4.69) is 26.0 Å². The summed E-state index contributed by atoms with van der Waals surface area (Å²) >= 11 is 1.75. The number of para-hydroxylation sites is 1. The van der Waals surface area contributed by atoms with Crippen LogP contribution in [0.25, 0.3) is 0 Å². The molecular weight excluding hydrogens is 330 g/mol. The van der Waals surface area contributed by atoms with Gasteiger partial charge in [0.15, 0.2) is 0 Å². The maximum atomic E-state index is 13.6. The Morgan fingerprint density at radius 2 is 1.96 bits per heavy atom. The predicted molar refractivity (Wildman–Crippen MR) is 105 cm³/mol. The van der Waals surface area contributed by atoms with Gasteiger partial charge in [0.25, 0.3) is 0 Å². The number of nitrogens with zero attached hydrogens (tertiary/aromatic N) is 1. The summed E-state index contributed by atoms with van der Waals surface area (Å²) in [4.78, 5) is 16.6. The third-order valence-corrected chi connectivity index (χ3v) is 6.22. The van der Waals surface area contributed by atoms with Crippen molar-refractivity contribution in [2.75, 3.05) is 17.8 Å². The molecule has 25 heavy (non-hydrogen) atoms. The fourth-order valence-electron chi connectivity index (χ4n) is 3.41. The molecule has 132 valence electrons. The highest BCUT2D eigenvalue weighted by molar-refractivity contribution is 7.99. The van der Waals surface area contributed by atoms with Gasteiger partial charge in [-0.2, -0.15) is 0 Å². The summed E-state index contributed by atoms with van der Waals surface area (Å²) in [6.45, 7) is 6.26. The van der Waals surface area contributed by atoms with E-state index in [0.29, 0.717) is 0 Å². The molecule has 0 radical (unpaired) electrons. The van der Waals surface area contributed by atoms with Crippen LogP contribution in [0.1, 0.15) is 32.3 Å². The summed E-state index contributed by atoms with van der Waals surface area (Å²) in [5, 5.41) is 0. The van der Waals surface area contributed by atoms with Crippen molar-refractivity contribution in [3.8, 4) is 5.75 Å². The van der Waals surface area contributed by atoms with Gasteiger partial charge in [-0.25, -0.2) is 0 Å². The van der Waals surface area contributed by atoms with Gasteiger partial charge in [-0.05, 0) is 50.1 Å². The van der Waals surface area contributed by atoms with Gasteiger partial charge in [-0.3, -0.25) is 9.69 Å². The lowest BCUT2D eigenvalue weighted by Crippen LogP contribution is -2.40. The molecule has 1 aliphatic rings. The summed E-state index contributed by atoms with van der Waals surface area (Å²) < 4.78 is 5.50. The molecule has 1 atom stereocenters. The van der Waals surface area contributed by atoms with Crippen LogP contribution < -0.4 is 9.64 Å². The van der Waals surface area contributed by atoms with Gasteiger partial charge in [0.05, 0.1) is 18.2 Å². The molecule has 1 aliphatic heterocycles. The fraction of sp³-hybridized carbons (Fsp3) is 0.381. The van der Waals surface area contributed by atoms with Crippen molar-refractivity contribution in [1.82, 2.24) is 0 Å². The second-order valence-electron chi connectivity index (χ2n) is 6.87. The highest BCUT2D eigenvalue weighted by Crippen LogP contribution is 2.47. The first kappa shape index (κ1) is 17.9. The number of rotatable bonds is 4. The molecule has 1 amide bonds. The first-order valence-electron chi connectivity index (χ1n) is 8.71. The molecular formula is C21H25NO2S. The number of carbonyl (C=O) groups excluding carboxylic acids is 1. The molecule has 0 saturated heterocycles. The van der Waals surface area contributed by atoms with E-state index >= 15 is 0 Å². The van der Waals surface area contributed by atoms with Crippen LogP contribution in [0.5, 0.6) is 5.75 Å². The van der Waals surface area contributed by atoms with Crippen LogP contribution in [0.2, 0.25) is 0 Å². The number of carbonyl (C=O) groups is 1. The summed E-state index contributed by atoms with van der Waals surface area (Å²) in [6, 6.07) is 14.1. The smallest absolute Gasteiger partial charge is 0.238 e.